The lowest BCUT2D eigenvalue weighted by Crippen LogP contribution is -2.21. The summed E-state index contributed by atoms with van der Waals surface area (Å²) < 4.78 is 34.1. The van der Waals surface area contributed by atoms with E-state index in [2.05, 4.69) is 10.3 Å². The molecular weight excluding hydrogens is 423 g/mol. The number of carbonyl (C=O) groups is 1. The van der Waals surface area contributed by atoms with Crippen LogP contribution in [-0.2, 0) is 4.79 Å². The van der Waals surface area contributed by atoms with Gasteiger partial charge in [-0.05, 0) is 30.3 Å². The first-order valence-corrected chi connectivity index (χ1v) is 8.21. The second kappa shape index (κ2) is 11.3. The summed E-state index contributed by atoms with van der Waals surface area (Å²) in [4.78, 5) is 16.0. The Bertz CT molecular complexity index is 932. The number of para-hydroxylation sites is 1. The van der Waals surface area contributed by atoms with Gasteiger partial charge in [-0.2, -0.15) is 0 Å². The number of pyridine rings is 1. The zero-order valence-electron chi connectivity index (χ0n) is 15.0. The van der Waals surface area contributed by atoms with Crippen molar-refractivity contribution in [3.8, 4) is 11.5 Å². The number of amides is 1. The van der Waals surface area contributed by atoms with Gasteiger partial charge in [0.25, 0.3) is 0 Å². The van der Waals surface area contributed by atoms with Crippen LogP contribution in [0.3, 0.4) is 0 Å². The molecule has 1 amide bonds. The van der Waals surface area contributed by atoms with Gasteiger partial charge in [0.2, 0.25) is 5.91 Å². The van der Waals surface area contributed by atoms with Crippen molar-refractivity contribution in [1.82, 2.24) is 4.98 Å². The Hall–Kier alpha value is -2.74. The van der Waals surface area contributed by atoms with Gasteiger partial charge in [0.1, 0.15) is 5.75 Å². The molecule has 1 heterocycles. The number of ether oxygens (including phenoxy) is 1. The molecule has 0 saturated carbocycles. The van der Waals surface area contributed by atoms with Gasteiger partial charge < -0.3 is 15.8 Å². The standard InChI is InChI=1S/C20H17F2N3O2.2ClH/c21-16-7-6-15(19(22)20(16)27-14-4-2-1-3-5-14)17(23)12-18(26)25-13-8-10-24-11-9-13;;/h1-11,17H,12,23H2,(H,24,25,26);2*1H. The lowest BCUT2D eigenvalue weighted by atomic mass is 10.0. The predicted molar refractivity (Wildman–Crippen MR) is 112 cm³/mol. The summed E-state index contributed by atoms with van der Waals surface area (Å²) in [7, 11) is 0. The van der Waals surface area contributed by atoms with Gasteiger partial charge in [0.05, 0.1) is 0 Å². The fraction of sp³-hybridized carbons (Fsp3) is 0.100. The topological polar surface area (TPSA) is 77.2 Å². The third-order valence-electron chi connectivity index (χ3n) is 3.81. The smallest absolute Gasteiger partial charge is 0.226 e. The maximum atomic E-state index is 14.8. The molecule has 0 aliphatic heterocycles. The van der Waals surface area contributed by atoms with Crippen molar-refractivity contribution in [1.29, 1.82) is 0 Å². The van der Waals surface area contributed by atoms with Crippen LogP contribution < -0.4 is 15.8 Å². The van der Waals surface area contributed by atoms with Crippen LogP contribution in [0.5, 0.6) is 11.5 Å². The Morgan fingerprint density at radius 3 is 2.34 bits per heavy atom. The van der Waals surface area contributed by atoms with E-state index < -0.39 is 29.3 Å². The molecular formula is C20H19Cl2F2N3O2. The van der Waals surface area contributed by atoms with E-state index in [1.807, 2.05) is 0 Å². The summed E-state index contributed by atoms with van der Waals surface area (Å²) in [5.41, 5.74) is 6.52. The van der Waals surface area contributed by atoms with E-state index >= 15 is 0 Å². The molecule has 0 saturated heterocycles. The summed E-state index contributed by atoms with van der Waals surface area (Å²) >= 11 is 0. The number of anilines is 1. The highest BCUT2D eigenvalue weighted by Crippen LogP contribution is 2.32. The molecule has 3 N–H and O–H groups in total. The van der Waals surface area contributed by atoms with E-state index in [9.17, 15) is 13.6 Å². The van der Waals surface area contributed by atoms with Crippen LogP contribution in [0.4, 0.5) is 14.5 Å². The molecule has 0 spiro atoms. The number of nitrogens with zero attached hydrogens (tertiary/aromatic N) is 1. The first-order valence-electron chi connectivity index (χ1n) is 8.21. The molecule has 5 nitrogen and oxygen atoms in total. The Labute approximate surface area is 179 Å². The molecule has 154 valence electrons. The largest absolute Gasteiger partial charge is 0.451 e. The monoisotopic (exact) mass is 441 g/mol. The maximum Gasteiger partial charge on any atom is 0.226 e. The molecule has 0 fully saturated rings. The predicted octanol–water partition coefficient (Wildman–Crippen LogP) is 5.02. The van der Waals surface area contributed by atoms with Crippen molar-refractivity contribution in [3.63, 3.8) is 0 Å². The van der Waals surface area contributed by atoms with Gasteiger partial charge in [-0.15, -0.1) is 24.8 Å². The number of aromatic nitrogens is 1. The normalized spacial score (nSPS) is 10.9. The molecule has 1 unspecified atom stereocenters. The van der Waals surface area contributed by atoms with Crippen molar-refractivity contribution < 1.29 is 18.3 Å². The van der Waals surface area contributed by atoms with Crippen molar-refractivity contribution in [2.24, 2.45) is 5.73 Å². The lowest BCUT2D eigenvalue weighted by Gasteiger charge is -2.16. The molecule has 0 aliphatic rings. The molecule has 0 radical (unpaired) electrons. The zero-order chi connectivity index (χ0) is 19.2. The number of halogens is 4. The lowest BCUT2D eigenvalue weighted by molar-refractivity contribution is -0.116. The summed E-state index contributed by atoms with van der Waals surface area (Å²) in [6.07, 6.45) is 2.88. The highest BCUT2D eigenvalue weighted by Gasteiger charge is 2.22. The average Bonchev–Trinajstić information content (AvgIpc) is 2.66. The van der Waals surface area contributed by atoms with Crippen molar-refractivity contribution in [3.05, 3.63) is 84.2 Å². The molecule has 1 atom stereocenters. The van der Waals surface area contributed by atoms with E-state index in [0.29, 0.717) is 5.69 Å². The van der Waals surface area contributed by atoms with Gasteiger partial charge in [-0.1, -0.05) is 24.3 Å². The second-order valence-electron chi connectivity index (χ2n) is 5.79. The van der Waals surface area contributed by atoms with Crippen molar-refractivity contribution in [2.45, 2.75) is 12.5 Å². The third kappa shape index (κ3) is 6.39. The van der Waals surface area contributed by atoms with Crippen molar-refractivity contribution in [2.75, 3.05) is 5.32 Å². The van der Waals surface area contributed by atoms with Crippen LogP contribution >= 0.6 is 24.8 Å². The van der Waals surface area contributed by atoms with Gasteiger partial charge in [-0.3, -0.25) is 9.78 Å². The molecule has 3 aromatic rings. The van der Waals surface area contributed by atoms with E-state index in [4.69, 9.17) is 10.5 Å². The minimum absolute atomic E-state index is 0. The van der Waals surface area contributed by atoms with Gasteiger partial charge in [0, 0.05) is 36.1 Å². The highest BCUT2D eigenvalue weighted by atomic mass is 35.5. The number of rotatable bonds is 6. The summed E-state index contributed by atoms with van der Waals surface area (Å²) in [5.74, 6) is -2.44. The van der Waals surface area contributed by atoms with Crippen LogP contribution in [0.1, 0.15) is 18.0 Å². The van der Waals surface area contributed by atoms with E-state index in [0.717, 1.165) is 6.07 Å². The number of hydrogen-bond donors (Lipinski definition) is 2. The summed E-state index contributed by atoms with van der Waals surface area (Å²) in [6, 6.07) is 12.8. The minimum atomic E-state index is -0.967. The number of benzene rings is 2. The second-order valence-corrected chi connectivity index (χ2v) is 5.79. The van der Waals surface area contributed by atoms with E-state index in [1.165, 1.54) is 18.5 Å². The molecule has 29 heavy (non-hydrogen) atoms. The van der Waals surface area contributed by atoms with E-state index in [-0.39, 0.29) is 42.5 Å². The summed E-state index contributed by atoms with van der Waals surface area (Å²) in [6.45, 7) is 0. The van der Waals surface area contributed by atoms with Crippen LogP contribution in [0.15, 0.2) is 67.0 Å². The van der Waals surface area contributed by atoms with Gasteiger partial charge >= 0.3 is 0 Å². The summed E-state index contributed by atoms with van der Waals surface area (Å²) in [5, 5.41) is 2.64. The maximum absolute atomic E-state index is 14.8. The van der Waals surface area contributed by atoms with Gasteiger partial charge in [-0.25, -0.2) is 8.78 Å². The van der Waals surface area contributed by atoms with Crippen LogP contribution in [-0.4, -0.2) is 10.9 Å². The molecule has 3 rings (SSSR count). The van der Waals surface area contributed by atoms with Gasteiger partial charge in [0.15, 0.2) is 17.4 Å². The average molecular weight is 442 g/mol. The van der Waals surface area contributed by atoms with E-state index in [1.54, 1.807) is 42.5 Å². The molecule has 9 heteroatoms. The highest BCUT2D eigenvalue weighted by molar-refractivity contribution is 5.91. The fourth-order valence-corrected chi connectivity index (χ4v) is 2.49. The van der Waals surface area contributed by atoms with Crippen molar-refractivity contribution >= 4 is 36.4 Å². The number of nitrogens with one attached hydrogen (secondary N) is 1. The third-order valence-corrected chi connectivity index (χ3v) is 3.81. The molecule has 2 aromatic carbocycles. The number of carbonyl (C=O) groups excluding carboxylic acids is 1. The quantitative estimate of drug-likeness (QED) is 0.562. The molecule has 0 bridgehead atoms. The Morgan fingerprint density at radius 2 is 1.69 bits per heavy atom. The Morgan fingerprint density at radius 1 is 1.03 bits per heavy atom. The minimum Gasteiger partial charge on any atom is -0.451 e. The number of nitrogens with two attached hydrogens (primary N) is 1. The molecule has 1 aromatic heterocycles. The zero-order valence-corrected chi connectivity index (χ0v) is 16.7. The van der Waals surface area contributed by atoms with Crippen LogP contribution in [0.2, 0.25) is 0 Å². The molecule has 0 aliphatic carbocycles. The van der Waals surface area contributed by atoms with Crippen LogP contribution in [0.25, 0.3) is 0 Å². The number of hydrogen-bond acceptors (Lipinski definition) is 4. The fourth-order valence-electron chi connectivity index (χ4n) is 2.49. The Balaban J connectivity index is 0.00000210. The SMILES string of the molecule is Cl.Cl.NC(CC(=O)Nc1ccncc1)c1ccc(F)c(Oc2ccccc2)c1F. The van der Waals surface area contributed by atoms with Crippen LogP contribution in [0, 0.1) is 11.6 Å². The first-order chi connectivity index (χ1) is 13.0. The first kappa shape index (κ1) is 24.3. The Kier molecular flexibility index (Phi) is 9.47.